The Morgan fingerprint density at radius 2 is 2.10 bits per heavy atom. The number of carboxylic acids is 1. The zero-order chi connectivity index (χ0) is 14.1. The monoisotopic (exact) mass is 285 g/mol. The van der Waals surface area contributed by atoms with Gasteiger partial charge in [-0.25, -0.2) is 9.78 Å². The Labute approximate surface area is 122 Å². The Morgan fingerprint density at radius 1 is 1.30 bits per heavy atom. The molecule has 3 nitrogen and oxygen atoms in total. The summed E-state index contributed by atoms with van der Waals surface area (Å²) in [6.45, 7) is 2.02. The van der Waals surface area contributed by atoms with Crippen LogP contribution in [0, 0.1) is 6.92 Å². The number of aromatic nitrogens is 1. The van der Waals surface area contributed by atoms with Gasteiger partial charge in [-0.15, -0.1) is 0 Å². The minimum atomic E-state index is -0.900. The summed E-state index contributed by atoms with van der Waals surface area (Å²) in [5.41, 5.74) is 3.61. The first-order valence-corrected chi connectivity index (χ1v) is 7.46. The Balaban J connectivity index is 2.04. The molecule has 3 rings (SSSR count). The van der Waals surface area contributed by atoms with E-state index >= 15 is 0 Å². The molecule has 0 radical (unpaired) electrons. The highest BCUT2D eigenvalue weighted by atomic mass is 32.2. The van der Waals surface area contributed by atoms with Gasteiger partial charge in [0.25, 0.3) is 0 Å². The highest BCUT2D eigenvalue weighted by Crippen LogP contribution is 2.34. The molecule has 1 aliphatic carbocycles. The summed E-state index contributed by atoms with van der Waals surface area (Å²) in [6.07, 6.45) is 2.97. The third-order valence-corrected chi connectivity index (χ3v) is 4.73. The second-order valence-corrected chi connectivity index (χ2v) is 6.00. The molecule has 0 amide bonds. The fourth-order valence-corrected chi connectivity index (χ4v) is 3.46. The maximum Gasteiger partial charge on any atom is 0.338 e. The fourth-order valence-electron chi connectivity index (χ4n) is 2.46. The topological polar surface area (TPSA) is 50.2 Å². The van der Waals surface area contributed by atoms with E-state index in [4.69, 9.17) is 0 Å². The van der Waals surface area contributed by atoms with Crippen LogP contribution in [0.15, 0.2) is 40.3 Å². The number of carboxylic acid groups (broad SMARTS) is 1. The lowest BCUT2D eigenvalue weighted by atomic mass is 10.1. The van der Waals surface area contributed by atoms with Gasteiger partial charge < -0.3 is 5.11 Å². The maximum absolute atomic E-state index is 11.4. The van der Waals surface area contributed by atoms with Crippen molar-refractivity contribution < 1.29 is 9.90 Å². The van der Waals surface area contributed by atoms with Gasteiger partial charge in [0.15, 0.2) is 0 Å². The summed E-state index contributed by atoms with van der Waals surface area (Å²) in [4.78, 5) is 17.1. The minimum absolute atomic E-state index is 0.318. The summed E-state index contributed by atoms with van der Waals surface area (Å²) in [6, 6.07) is 9.77. The van der Waals surface area contributed by atoms with Gasteiger partial charge in [-0.2, -0.15) is 0 Å². The molecule has 0 atom stereocenters. The van der Waals surface area contributed by atoms with Crippen LogP contribution in [-0.4, -0.2) is 16.1 Å². The maximum atomic E-state index is 11.4. The average molecular weight is 285 g/mol. The number of hydrogen-bond donors (Lipinski definition) is 1. The summed E-state index contributed by atoms with van der Waals surface area (Å²) in [5.74, 6) is -0.900. The molecule has 20 heavy (non-hydrogen) atoms. The number of aryl methyl sites for hydroxylation is 3. The zero-order valence-electron chi connectivity index (χ0n) is 11.2. The third-order valence-electron chi connectivity index (χ3n) is 3.55. The van der Waals surface area contributed by atoms with Crippen molar-refractivity contribution >= 4 is 17.7 Å². The Bertz CT molecular complexity index is 682. The molecule has 0 fully saturated rings. The molecular weight excluding hydrogens is 270 g/mol. The molecule has 0 spiro atoms. The van der Waals surface area contributed by atoms with Crippen molar-refractivity contribution in [1.29, 1.82) is 0 Å². The van der Waals surface area contributed by atoms with Crippen LogP contribution < -0.4 is 0 Å². The van der Waals surface area contributed by atoms with Crippen molar-refractivity contribution in [2.24, 2.45) is 0 Å². The lowest BCUT2D eigenvalue weighted by Gasteiger charge is -2.09. The first-order chi connectivity index (χ1) is 9.65. The van der Waals surface area contributed by atoms with Crippen LogP contribution in [0.5, 0.6) is 0 Å². The number of fused-ring (bicyclic) bond motifs is 1. The van der Waals surface area contributed by atoms with Gasteiger partial charge in [-0.3, -0.25) is 0 Å². The second kappa shape index (κ2) is 5.29. The van der Waals surface area contributed by atoms with Crippen LogP contribution in [0.25, 0.3) is 0 Å². The predicted octanol–water partition coefficient (Wildman–Crippen LogP) is 3.73. The van der Waals surface area contributed by atoms with Crippen molar-refractivity contribution in [3.05, 3.63) is 52.7 Å². The predicted molar refractivity (Wildman–Crippen MR) is 78.5 cm³/mol. The van der Waals surface area contributed by atoms with Gasteiger partial charge in [0.2, 0.25) is 0 Å². The molecule has 0 aliphatic heterocycles. The lowest BCUT2D eigenvalue weighted by molar-refractivity contribution is 0.0692. The van der Waals surface area contributed by atoms with E-state index in [2.05, 4.69) is 4.98 Å². The van der Waals surface area contributed by atoms with E-state index in [9.17, 15) is 9.90 Å². The number of benzene rings is 1. The molecule has 4 heteroatoms. The third kappa shape index (κ3) is 2.43. The molecule has 0 bridgehead atoms. The van der Waals surface area contributed by atoms with Gasteiger partial charge in [0.1, 0.15) is 5.03 Å². The average Bonchev–Trinajstić information content (AvgIpc) is 2.87. The van der Waals surface area contributed by atoms with Crippen LogP contribution in [-0.2, 0) is 12.8 Å². The van der Waals surface area contributed by atoms with Crippen LogP contribution >= 0.6 is 11.8 Å². The summed E-state index contributed by atoms with van der Waals surface area (Å²) >= 11 is 1.44. The summed E-state index contributed by atoms with van der Waals surface area (Å²) in [5, 5.41) is 10.00. The SMILES string of the molecule is Cc1ccccc1Sc1nc2c(cc1C(=O)O)CCC2. The quantitative estimate of drug-likeness (QED) is 0.933. The molecule has 0 saturated carbocycles. The molecule has 1 aromatic heterocycles. The van der Waals surface area contributed by atoms with Gasteiger partial charge in [-0.1, -0.05) is 30.0 Å². The fraction of sp³-hybridized carbons (Fsp3) is 0.250. The van der Waals surface area contributed by atoms with Crippen molar-refractivity contribution in [1.82, 2.24) is 4.98 Å². The van der Waals surface area contributed by atoms with Gasteiger partial charge in [0, 0.05) is 10.6 Å². The van der Waals surface area contributed by atoms with Crippen molar-refractivity contribution in [3.8, 4) is 0 Å². The highest BCUT2D eigenvalue weighted by molar-refractivity contribution is 7.99. The molecular formula is C16H15NO2S. The van der Waals surface area contributed by atoms with E-state index < -0.39 is 5.97 Å². The van der Waals surface area contributed by atoms with Crippen molar-refractivity contribution in [2.75, 3.05) is 0 Å². The first kappa shape index (κ1) is 13.2. The molecule has 1 aliphatic rings. The van der Waals surface area contributed by atoms with Gasteiger partial charge in [-0.05, 0) is 49.4 Å². The van der Waals surface area contributed by atoms with Crippen molar-refractivity contribution in [3.63, 3.8) is 0 Å². The lowest BCUT2D eigenvalue weighted by Crippen LogP contribution is -2.04. The van der Waals surface area contributed by atoms with E-state index in [1.807, 2.05) is 31.2 Å². The second-order valence-electron chi connectivity index (χ2n) is 4.97. The molecule has 0 saturated heterocycles. The Morgan fingerprint density at radius 3 is 2.85 bits per heavy atom. The molecule has 2 aromatic rings. The molecule has 1 N–H and O–H groups in total. The van der Waals surface area contributed by atoms with Crippen LogP contribution in [0.1, 0.15) is 33.6 Å². The van der Waals surface area contributed by atoms with E-state index in [1.165, 1.54) is 11.8 Å². The van der Waals surface area contributed by atoms with E-state index in [1.54, 1.807) is 6.07 Å². The van der Waals surface area contributed by atoms with E-state index in [-0.39, 0.29) is 0 Å². The smallest absolute Gasteiger partial charge is 0.338 e. The molecule has 102 valence electrons. The van der Waals surface area contributed by atoms with Crippen LogP contribution in [0.3, 0.4) is 0 Å². The van der Waals surface area contributed by atoms with E-state index in [0.717, 1.165) is 41.0 Å². The number of aromatic carboxylic acids is 1. The molecule has 0 unspecified atom stereocenters. The van der Waals surface area contributed by atoms with Gasteiger partial charge >= 0.3 is 5.97 Å². The molecule has 1 aromatic carbocycles. The normalized spacial score (nSPS) is 13.2. The number of rotatable bonds is 3. The Kier molecular flexibility index (Phi) is 3.49. The number of pyridine rings is 1. The van der Waals surface area contributed by atoms with Crippen molar-refractivity contribution in [2.45, 2.75) is 36.1 Å². The largest absolute Gasteiger partial charge is 0.478 e. The summed E-state index contributed by atoms with van der Waals surface area (Å²) in [7, 11) is 0. The van der Waals surface area contributed by atoms with Crippen LogP contribution in [0.2, 0.25) is 0 Å². The van der Waals surface area contributed by atoms with E-state index in [0.29, 0.717) is 10.6 Å². The zero-order valence-corrected chi connectivity index (χ0v) is 12.0. The highest BCUT2D eigenvalue weighted by Gasteiger charge is 2.20. The van der Waals surface area contributed by atoms with Gasteiger partial charge in [0.05, 0.1) is 5.56 Å². The minimum Gasteiger partial charge on any atom is -0.478 e. The first-order valence-electron chi connectivity index (χ1n) is 6.65. The van der Waals surface area contributed by atoms with Crippen LogP contribution in [0.4, 0.5) is 0 Å². The standard InChI is InChI=1S/C16H15NO2S/c1-10-5-2-3-8-14(10)20-15-12(16(18)19)9-11-6-4-7-13(11)17-15/h2-3,5,8-9H,4,6-7H2,1H3,(H,18,19). The summed E-state index contributed by atoms with van der Waals surface area (Å²) < 4.78 is 0. The molecule has 1 heterocycles. The Hall–Kier alpha value is -1.81. The number of nitrogens with zero attached hydrogens (tertiary/aromatic N) is 1. The number of hydrogen-bond acceptors (Lipinski definition) is 3. The number of carbonyl (C=O) groups is 1.